The molecule has 0 spiro atoms. The highest BCUT2D eigenvalue weighted by atomic mass is 79.9. The van der Waals surface area contributed by atoms with Crippen molar-refractivity contribution in [1.82, 2.24) is 5.32 Å². The van der Waals surface area contributed by atoms with Crippen molar-refractivity contribution in [3.8, 4) is 5.75 Å². The van der Waals surface area contributed by atoms with E-state index in [2.05, 4.69) is 21.2 Å². The van der Waals surface area contributed by atoms with Crippen LogP contribution in [0, 0.1) is 0 Å². The maximum absolute atomic E-state index is 11.8. The van der Waals surface area contributed by atoms with E-state index in [1.165, 1.54) is 6.08 Å². The van der Waals surface area contributed by atoms with E-state index in [1.54, 1.807) is 19.3 Å². The van der Waals surface area contributed by atoms with Gasteiger partial charge in [-0.15, -0.1) is 0 Å². The summed E-state index contributed by atoms with van der Waals surface area (Å²) in [5.41, 5.74) is 0.726. The van der Waals surface area contributed by atoms with E-state index >= 15 is 0 Å². The number of nitrogens with one attached hydrogen (secondary N) is 1. The Bertz CT molecular complexity index is 542. The van der Waals surface area contributed by atoms with E-state index in [0.29, 0.717) is 18.6 Å². The SMILES string of the molecule is CCC[C@@H](NC(=O)/C=C/c1cc(Br)ccc1OC)C(=O)O. The molecule has 6 heteroatoms. The van der Waals surface area contributed by atoms with Crippen molar-refractivity contribution in [3.05, 3.63) is 34.3 Å². The second kappa shape index (κ2) is 8.46. The first-order valence-corrected chi connectivity index (χ1v) is 7.32. The van der Waals surface area contributed by atoms with Crippen molar-refractivity contribution < 1.29 is 19.4 Å². The molecule has 0 aliphatic rings. The minimum absolute atomic E-state index is 0.398. The molecular weight excluding hydrogens is 338 g/mol. The first kappa shape index (κ1) is 17.2. The molecule has 0 saturated heterocycles. The number of carboxylic acid groups (broad SMARTS) is 1. The van der Waals surface area contributed by atoms with E-state index in [4.69, 9.17) is 9.84 Å². The lowest BCUT2D eigenvalue weighted by Gasteiger charge is -2.11. The van der Waals surface area contributed by atoms with Gasteiger partial charge in [0.05, 0.1) is 7.11 Å². The van der Waals surface area contributed by atoms with Gasteiger partial charge in [-0.3, -0.25) is 4.79 Å². The summed E-state index contributed by atoms with van der Waals surface area (Å²) >= 11 is 3.34. The van der Waals surface area contributed by atoms with Crippen molar-refractivity contribution in [2.24, 2.45) is 0 Å². The van der Waals surface area contributed by atoms with Gasteiger partial charge in [-0.05, 0) is 30.7 Å². The Labute approximate surface area is 132 Å². The highest BCUT2D eigenvalue weighted by Crippen LogP contribution is 2.24. The molecule has 0 radical (unpaired) electrons. The van der Waals surface area contributed by atoms with Crippen molar-refractivity contribution in [2.45, 2.75) is 25.8 Å². The molecule has 0 aliphatic heterocycles. The molecule has 1 rings (SSSR count). The standard InChI is InChI=1S/C15H18BrNO4/c1-3-4-12(15(19)20)17-14(18)8-5-10-9-11(16)6-7-13(10)21-2/h5-9,12H,3-4H2,1-2H3,(H,17,18)(H,19,20)/b8-5+/t12-/m1/s1. The lowest BCUT2D eigenvalue weighted by molar-refractivity contribution is -0.141. The van der Waals surface area contributed by atoms with Crippen LogP contribution in [0.4, 0.5) is 0 Å². The van der Waals surface area contributed by atoms with Crippen LogP contribution >= 0.6 is 15.9 Å². The molecule has 114 valence electrons. The normalized spacial score (nSPS) is 12.1. The minimum atomic E-state index is -1.03. The fourth-order valence-electron chi connectivity index (χ4n) is 1.77. The quantitative estimate of drug-likeness (QED) is 0.737. The van der Waals surface area contributed by atoms with Gasteiger partial charge >= 0.3 is 5.97 Å². The van der Waals surface area contributed by atoms with Crippen molar-refractivity contribution in [3.63, 3.8) is 0 Å². The average molecular weight is 356 g/mol. The Balaban J connectivity index is 2.78. The third kappa shape index (κ3) is 5.59. The molecule has 0 heterocycles. The Morgan fingerprint density at radius 1 is 1.48 bits per heavy atom. The summed E-state index contributed by atoms with van der Waals surface area (Å²) in [6, 6.07) is 4.55. The number of amides is 1. The molecule has 0 fully saturated rings. The Morgan fingerprint density at radius 3 is 2.76 bits per heavy atom. The van der Waals surface area contributed by atoms with Gasteiger partial charge in [0.15, 0.2) is 0 Å². The van der Waals surface area contributed by atoms with E-state index in [1.807, 2.05) is 19.1 Å². The van der Waals surface area contributed by atoms with Gasteiger partial charge < -0.3 is 15.2 Å². The first-order valence-electron chi connectivity index (χ1n) is 6.52. The first-order chi connectivity index (χ1) is 9.97. The van der Waals surface area contributed by atoms with Gasteiger partial charge in [0.25, 0.3) is 0 Å². The number of rotatable bonds is 7. The molecule has 0 aliphatic carbocycles. The van der Waals surface area contributed by atoms with Gasteiger partial charge in [0.2, 0.25) is 5.91 Å². The van der Waals surface area contributed by atoms with Crippen LogP contribution in [0.5, 0.6) is 5.75 Å². The van der Waals surface area contributed by atoms with E-state index in [9.17, 15) is 9.59 Å². The van der Waals surface area contributed by atoms with E-state index < -0.39 is 17.9 Å². The average Bonchev–Trinajstić information content (AvgIpc) is 2.44. The second-order valence-corrected chi connectivity index (χ2v) is 5.32. The molecule has 0 bridgehead atoms. The number of carbonyl (C=O) groups excluding carboxylic acids is 1. The fourth-order valence-corrected chi connectivity index (χ4v) is 2.15. The van der Waals surface area contributed by atoms with Crippen LogP contribution in [0.15, 0.2) is 28.7 Å². The van der Waals surface area contributed by atoms with Crippen LogP contribution in [-0.2, 0) is 9.59 Å². The zero-order valence-corrected chi connectivity index (χ0v) is 13.5. The summed E-state index contributed by atoms with van der Waals surface area (Å²) in [6.45, 7) is 1.87. The zero-order chi connectivity index (χ0) is 15.8. The molecule has 0 aromatic heterocycles. The second-order valence-electron chi connectivity index (χ2n) is 4.41. The molecule has 21 heavy (non-hydrogen) atoms. The molecule has 1 aromatic carbocycles. The third-order valence-electron chi connectivity index (χ3n) is 2.80. The molecule has 0 unspecified atom stereocenters. The Hall–Kier alpha value is -1.82. The summed E-state index contributed by atoms with van der Waals surface area (Å²) in [6.07, 6.45) is 3.97. The van der Waals surface area contributed by atoms with Crippen LogP contribution in [0.2, 0.25) is 0 Å². The molecule has 5 nitrogen and oxygen atoms in total. The molecule has 1 aromatic rings. The van der Waals surface area contributed by atoms with Crippen LogP contribution < -0.4 is 10.1 Å². The molecule has 1 atom stereocenters. The predicted octanol–water partition coefficient (Wildman–Crippen LogP) is 2.84. The van der Waals surface area contributed by atoms with Crippen molar-refractivity contribution >= 4 is 33.9 Å². The van der Waals surface area contributed by atoms with Gasteiger partial charge in [-0.2, -0.15) is 0 Å². The van der Waals surface area contributed by atoms with Crippen molar-refractivity contribution in [2.75, 3.05) is 7.11 Å². The predicted molar refractivity (Wildman–Crippen MR) is 84.2 cm³/mol. The van der Waals surface area contributed by atoms with E-state index in [0.717, 1.165) is 10.0 Å². The van der Waals surface area contributed by atoms with Gasteiger partial charge in [-0.25, -0.2) is 4.79 Å². The van der Waals surface area contributed by atoms with Crippen LogP contribution in [0.3, 0.4) is 0 Å². The lowest BCUT2D eigenvalue weighted by atomic mass is 10.1. The van der Waals surface area contributed by atoms with E-state index in [-0.39, 0.29) is 0 Å². The number of carbonyl (C=O) groups is 2. The van der Waals surface area contributed by atoms with Crippen molar-refractivity contribution in [1.29, 1.82) is 0 Å². The molecule has 1 amide bonds. The summed E-state index contributed by atoms with van der Waals surface area (Å²) in [7, 11) is 1.54. The summed E-state index contributed by atoms with van der Waals surface area (Å²) < 4.78 is 6.05. The Morgan fingerprint density at radius 2 is 2.19 bits per heavy atom. The van der Waals surface area contributed by atoms with Gasteiger partial charge in [-0.1, -0.05) is 29.3 Å². The zero-order valence-electron chi connectivity index (χ0n) is 11.9. The number of carboxylic acids is 1. The lowest BCUT2D eigenvalue weighted by Crippen LogP contribution is -2.39. The highest BCUT2D eigenvalue weighted by Gasteiger charge is 2.17. The number of halogens is 1. The maximum atomic E-state index is 11.8. The smallest absolute Gasteiger partial charge is 0.326 e. The third-order valence-corrected chi connectivity index (χ3v) is 3.29. The maximum Gasteiger partial charge on any atom is 0.326 e. The topological polar surface area (TPSA) is 75.6 Å². The molecule has 0 saturated carbocycles. The number of benzene rings is 1. The van der Waals surface area contributed by atoms with Gasteiger partial charge in [0.1, 0.15) is 11.8 Å². The number of aliphatic carboxylic acids is 1. The number of methoxy groups -OCH3 is 1. The fraction of sp³-hybridized carbons (Fsp3) is 0.333. The molecule has 2 N–H and O–H groups in total. The monoisotopic (exact) mass is 355 g/mol. The van der Waals surface area contributed by atoms with Gasteiger partial charge in [0, 0.05) is 16.1 Å². The summed E-state index contributed by atoms with van der Waals surface area (Å²) in [5, 5.41) is 11.5. The minimum Gasteiger partial charge on any atom is -0.496 e. The highest BCUT2D eigenvalue weighted by molar-refractivity contribution is 9.10. The van der Waals surface area contributed by atoms with Crippen LogP contribution in [0.25, 0.3) is 6.08 Å². The summed E-state index contributed by atoms with van der Waals surface area (Å²) in [4.78, 5) is 22.8. The number of hydrogen-bond acceptors (Lipinski definition) is 3. The molecular formula is C15H18BrNO4. The number of hydrogen-bond donors (Lipinski definition) is 2. The van der Waals surface area contributed by atoms with Crippen LogP contribution in [0.1, 0.15) is 25.3 Å². The Kier molecular flexibility index (Phi) is 6.94. The largest absolute Gasteiger partial charge is 0.496 e. The summed E-state index contributed by atoms with van der Waals surface area (Å²) in [5.74, 6) is -0.845. The van der Waals surface area contributed by atoms with Crippen LogP contribution in [-0.4, -0.2) is 30.1 Å². The number of ether oxygens (including phenoxy) is 1.